The van der Waals surface area contributed by atoms with Crippen molar-refractivity contribution in [1.29, 1.82) is 0 Å². The summed E-state index contributed by atoms with van der Waals surface area (Å²) in [6, 6.07) is 8.50. The zero-order valence-corrected chi connectivity index (χ0v) is 13.6. The predicted molar refractivity (Wildman–Crippen MR) is 87.9 cm³/mol. The van der Waals surface area contributed by atoms with E-state index in [1.54, 1.807) is 0 Å². The Morgan fingerprint density at radius 3 is 2.76 bits per heavy atom. The number of ketones is 1. The van der Waals surface area contributed by atoms with Gasteiger partial charge in [0.05, 0.1) is 0 Å². The highest BCUT2D eigenvalue weighted by Gasteiger charge is 2.22. The van der Waals surface area contributed by atoms with Crippen LogP contribution < -0.4 is 0 Å². The summed E-state index contributed by atoms with van der Waals surface area (Å²) >= 11 is 0. The third-order valence-electron chi connectivity index (χ3n) is 4.57. The van der Waals surface area contributed by atoms with E-state index in [1.165, 1.54) is 13.0 Å². The topological polar surface area (TPSA) is 23.6 Å². The summed E-state index contributed by atoms with van der Waals surface area (Å²) in [5, 5.41) is 0. The molecule has 1 heterocycles. The van der Waals surface area contributed by atoms with Crippen molar-refractivity contribution in [2.45, 2.75) is 39.2 Å². The largest absolute Gasteiger partial charge is 0.305 e. The highest BCUT2D eigenvalue weighted by Crippen LogP contribution is 2.15. The lowest BCUT2D eigenvalue weighted by atomic mass is 10.0. The molecule has 3 nitrogen and oxygen atoms in total. The molecule has 1 atom stereocenters. The summed E-state index contributed by atoms with van der Waals surface area (Å²) in [4.78, 5) is 17.3. The van der Waals surface area contributed by atoms with E-state index in [4.69, 9.17) is 0 Å². The molecular formula is C18H28N2O. The number of hydrogen-bond acceptors (Lipinski definition) is 3. The Balaban J connectivity index is 1.95. The molecule has 0 radical (unpaired) electrons. The van der Waals surface area contributed by atoms with Gasteiger partial charge in [-0.2, -0.15) is 0 Å². The minimum Gasteiger partial charge on any atom is -0.305 e. The molecule has 0 aliphatic carbocycles. The number of Topliss-reactive ketones (excluding diaryl/α,β-unsaturated/α-hetero) is 1. The number of likely N-dealkylation sites (N-methyl/N-ethyl adjacent to an activating group) is 1. The standard InChI is InChI=1S/C18H28N2O/c1-4-16-14-19(3)11-7-12-20(16)13-10-18(21)17-9-6-5-8-15(17)2/h5-6,8-9,16H,4,7,10-14H2,1-3H3. The quantitative estimate of drug-likeness (QED) is 0.778. The van der Waals surface area contributed by atoms with Crippen LogP contribution >= 0.6 is 0 Å². The Morgan fingerprint density at radius 2 is 2.05 bits per heavy atom. The molecule has 1 fully saturated rings. The van der Waals surface area contributed by atoms with E-state index in [2.05, 4.69) is 23.8 Å². The molecule has 1 unspecified atom stereocenters. The van der Waals surface area contributed by atoms with Gasteiger partial charge < -0.3 is 4.90 Å². The van der Waals surface area contributed by atoms with Gasteiger partial charge in [0, 0.05) is 31.1 Å². The van der Waals surface area contributed by atoms with E-state index in [-0.39, 0.29) is 5.78 Å². The fourth-order valence-electron chi connectivity index (χ4n) is 3.24. The van der Waals surface area contributed by atoms with Crippen LogP contribution in [0.2, 0.25) is 0 Å². The lowest BCUT2D eigenvalue weighted by Crippen LogP contribution is -2.40. The summed E-state index contributed by atoms with van der Waals surface area (Å²) in [6.07, 6.45) is 2.99. The molecule has 1 aromatic rings. The van der Waals surface area contributed by atoms with E-state index in [9.17, 15) is 4.79 Å². The van der Waals surface area contributed by atoms with Crippen LogP contribution in [-0.2, 0) is 0 Å². The van der Waals surface area contributed by atoms with Crippen molar-refractivity contribution in [1.82, 2.24) is 9.80 Å². The minimum atomic E-state index is 0.278. The van der Waals surface area contributed by atoms with E-state index in [1.807, 2.05) is 31.2 Å². The molecule has 0 spiro atoms. The first-order valence-electron chi connectivity index (χ1n) is 8.13. The Hall–Kier alpha value is -1.19. The van der Waals surface area contributed by atoms with Crippen molar-refractivity contribution in [3.63, 3.8) is 0 Å². The second kappa shape index (κ2) is 7.71. The predicted octanol–water partition coefficient (Wildman–Crippen LogP) is 2.98. The fourth-order valence-corrected chi connectivity index (χ4v) is 3.24. The lowest BCUT2D eigenvalue weighted by Gasteiger charge is -2.29. The number of aryl methyl sites for hydroxylation is 1. The van der Waals surface area contributed by atoms with Gasteiger partial charge in [-0.3, -0.25) is 9.69 Å². The first-order chi connectivity index (χ1) is 10.1. The Kier molecular flexibility index (Phi) is 5.95. The zero-order chi connectivity index (χ0) is 15.2. The first kappa shape index (κ1) is 16.2. The summed E-state index contributed by atoms with van der Waals surface area (Å²) in [5.41, 5.74) is 1.97. The highest BCUT2D eigenvalue weighted by molar-refractivity contribution is 5.97. The third kappa shape index (κ3) is 4.39. The van der Waals surface area contributed by atoms with Gasteiger partial charge in [0.2, 0.25) is 0 Å². The Labute approximate surface area is 128 Å². The fraction of sp³-hybridized carbons (Fsp3) is 0.611. The van der Waals surface area contributed by atoms with Gasteiger partial charge in [-0.25, -0.2) is 0 Å². The monoisotopic (exact) mass is 288 g/mol. The molecule has 0 aromatic heterocycles. The maximum atomic E-state index is 12.4. The van der Waals surface area contributed by atoms with Crippen LogP contribution in [0.1, 0.15) is 42.1 Å². The van der Waals surface area contributed by atoms with Gasteiger partial charge in [0.15, 0.2) is 5.78 Å². The van der Waals surface area contributed by atoms with Gasteiger partial charge in [-0.15, -0.1) is 0 Å². The van der Waals surface area contributed by atoms with Crippen LogP contribution in [0.3, 0.4) is 0 Å². The van der Waals surface area contributed by atoms with Crippen molar-refractivity contribution in [2.24, 2.45) is 0 Å². The minimum absolute atomic E-state index is 0.278. The Morgan fingerprint density at radius 1 is 1.29 bits per heavy atom. The first-order valence-corrected chi connectivity index (χ1v) is 8.13. The number of nitrogens with zero attached hydrogens (tertiary/aromatic N) is 2. The van der Waals surface area contributed by atoms with Crippen LogP contribution in [0.4, 0.5) is 0 Å². The Bertz CT molecular complexity index is 472. The molecule has 116 valence electrons. The van der Waals surface area contributed by atoms with Crippen LogP contribution in [-0.4, -0.2) is 54.9 Å². The number of carbonyl (C=O) groups excluding carboxylic acids is 1. The second-order valence-corrected chi connectivity index (χ2v) is 6.20. The molecule has 3 heteroatoms. The van der Waals surface area contributed by atoms with E-state index < -0.39 is 0 Å². The molecular weight excluding hydrogens is 260 g/mol. The molecule has 2 rings (SSSR count). The summed E-state index contributed by atoms with van der Waals surface area (Å²) in [6.45, 7) is 8.56. The normalized spacial score (nSPS) is 21.2. The van der Waals surface area contributed by atoms with Crippen molar-refractivity contribution in [3.05, 3.63) is 35.4 Å². The maximum absolute atomic E-state index is 12.4. The lowest BCUT2D eigenvalue weighted by molar-refractivity contribution is 0.0947. The zero-order valence-electron chi connectivity index (χ0n) is 13.6. The van der Waals surface area contributed by atoms with Crippen molar-refractivity contribution >= 4 is 5.78 Å². The molecule has 0 N–H and O–H groups in total. The molecule has 0 bridgehead atoms. The van der Waals surface area contributed by atoms with Crippen LogP contribution in [0, 0.1) is 6.92 Å². The molecule has 1 aliphatic heterocycles. The van der Waals surface area contributed by atoms with Crippen LogP contribution in [0.15, 0.2) is 24.3 Å². The second-order valence-electron chi connectivity index (χ2n) is 6.20. The van der Waals surface area contributed by atoms with Gasteiger partial charge in [0.25, 0.3) is 0 Å². The number of hydrogen-bond donors (Lipinski definition) is 0. The average molecular weight is 288 g/mol. The number of carbonyl (C=O) groups is 1. The highest BCUT2D eigenvalue weighted by atomic mass is 16.1. The number of benzene rings is 1. The van der Waals surface area contributed by atoms with Gasteiger partial charge in [-0.1, -0.05) is 31.2 Å². The summed E-state index contributed by atoms with van der Waals surface area (Å²) < 4.78 is 0. The summed E-state index contributed by atoms with van der Waals surface area (Å²) in [5.74, 6) is 0.278. The van der Waals surface area contributed by atoms with Crippen molar-refractivity contribution < 1.29 is 4.79 Å². The van der Waals surface area contributed by atoms with E-state index >= 15 is 0 Å². The van der Waals surface area contributed by atoms with Crippen LogP contribution in [0.25, 0.3) is 0 Å². The van der Waals surface area contributed by atoms with Gasteiger partial charge >= 0.3 is 0 Å². The molecule has 0 amide bonds. The van der Waals surface area contributed by atoms with E-state index in [0.29, 0.717) is 12.5 Å². The number of rotatable bonds is 5. The molecule has 0 saturated carbocycles. The van der Waals surface area contributed by atoms with Crippen LogP contribution in [0.5, 0.6) is 0 Å². The van der Waals surface area contributed by atoms with Crippen molar-refractivity contribution in [2.75, 3.05) is 33.2 Å². The van der Waals surface area contributed by atoms with Gasteiger partial charge in [0.1, 0.15) is 0 Å². The van der Waals surface area contributed by atoms with Crippen molar-refractivity contribution in [3.8, 4) is 0 Å². The van der Waals surface area contributed by atoms with Gasteiger partial charge in [-0.05, 0) is 45.5 Å². The smallest absolute Gasteiger partial charge is 0.164 e. The van der Waals surface area contributed by atoms with E-state index in [0.717, 1.165) is 37.2 Å². The molecule has 1 aromatic carbocycles. The average Bonchev–Trinajstić information content (AvgIpc) is 2.66. The third-order valence-corrected chi connectivity index (χ3v) is 4.57. The maximum Gasteiger partial charge on any atom is 0.164 e. The summed E-state index contributed by atoms with van der Waals surface area (Å²) in [7, 11) is 2.20. The SMILES string of the molecule is CCC1CN(C)CCCN1CCC(=O)c1ccccc1C. The molecule has 1 saturated heterocycles. The molecule has 21 heavy (non-hydrogen) atoms. The molecule has 1 aliphatic rings.